The van der Waals surface area contributed by atoms with E-state index in [-0.39, 0.29) is 0 Å². The fourth-order valence-corrected chi connectivity index (χ4v) is 2.64. The molecular formula is C17H19NO. The first kappa shape index (κ1) is 12.2. The van der Waals surface area contributed by atoms with E-state index in [0.29, 0.717) is 6.54 Å². The predicted octanol–water partition coefficient (Wildman–Crippen LogP) is 3.47. The molecule has 0 radical (unpaired) electrons. The van der Waals surface area contributed by atoms with E-state index in [0.717, 1.165) is 17.9 Å². The molecule has 0 fully saturated rings. The number of fused-ring (bicyclic) bond motifs is 1. The first-order valence-electron chi connectivity index (χ1n) is 6.94. The number of rotatable bonds is 4. The summed E-state index contributed by atoms with van der Waals surface area (Å²) < 4.78 is 5.91. The van der Waals surface area contributed by atoms with E-state index in [9.17, 15) is 0 Å². The van der Waals surface area contributed by atoms with E-state index >= 15 is 0 Å². The van der Waals surface area contributed by atoms with Gasteiger partial charge in [-0.1, -0.05) is 18.2 Å². The fourth-order valence-electron chi connectivity index (χ4n) is 2.64. The Kier molecular flexibility index (Phi) is 3.51. The zero-order valence-electron chi connectivity index (χ0n) is 11.1. The van der Waals surface area contributed by atoms with Crippen LogP contribution in [-0.2, 0) is 19.3 Å². The predicted molar refractivity (Wildman–Crippen MR) is 77.7 cm³/mol. The van der Waals surface area contributed by atoms with Crippen molar-refractivity contribution >= 4 is 0 Å². The van der Waals surface area contributed by atoms with Gasteiger partial charge in [-0.2, -0.15) is 0 Å². The second kappa shape index (κ2) is 5.45. The summed E-state index contributed by atoms with van der Waals surface area (Å²) in [5.74, 6) is 1.82. The van der Waals surface area contributed by atoms with Gasteiger partial charge in [-0.05, 0) is 73.2 Å². The molecule has 0 saturated carbocycles. The standard InChI is InChI=1S/C17H19NO/c18-11-10-13-4-7-16(8-5-13)19-17-9-6-14-2-1-3-15(14)12-17/h4-9,12H,1-3,10-11,18H2. The largest absolute Gasteiger partial charge is 0.457 e. The maximum atomic E-state index is 5.91. The van der Waals surface area contributed by atoms with Gasteiger partial charge in [0.2, 0.25) is 0 Å². The van der Waals surface area contributed by atoms with Gasteiger partial charge in [0, 0.05) is 0 Å². The molecule has 2 aromatic carbocycles. The monoisotopic (exact) mass is 253 g/mol. The summed E-state index contributed by atoms with van der Waals surface area (Å²) in [5, 5.41) is 0. The second-order valence-electron chi connectivity index (χ2n) is 5.07. The van der Waals surface area contributed by atoms with E-state index < -0.39 is 0 Å². The number of benzene rings is 2. The maximum absolute atomic E-state index is 5.91. The highest BCUT2D eigenvalue weighted by molar-refractivity contribution is 5.41. The van der Waals surface area contributed by atoms with Crippen molar-refractivity contribution in [1.29, 1.82) is 0 Å². The molecule has 2 nitrogen and oxygen atoms in total. The summed E-state index contributed by atoms with van der Waals surface area (Å²) in [4.78, 5) is 0. The Bertz CT molecular complexity index is 560. The van der Waals surface area contributed by atoms with Crippen LogP contribution in [0.1, 0.15) is 23.1 Å². The third-order valence-corrected chi connectivity index (χ3v) is 3.66. The summed E-state index contributed by atoms with van der Waals surface area (Å²) in [5.41, 5.74) is 9.72. The van der Waals surface area contributed by atoms with Gasteiger partial charge in [-0.15, -0.1) is 0 Å². The van der Waals surface area contributed by atoms with Crippen LogP contribution in [0.3, 0.4) is 0 Å². The number of ether oxygens (including phenoxy) is 1. The molecule has 0 heterocycles. The van der Waals surface area contributed by atoms with Crippen LogP contribution in [0, 0.1) is 0 Å². The third kappa shape index (κ3) is 2.79. The van der Waals surface area contributed by atoms with E-state index in [4.69, 9.17) is 10.5 Å². The number of hydrogen-bond donors (Lipinski definition) is 1. The maximum Gasteiger partial charge on any atom is 0.127 e. The molecule has 2 aromatic rings. The molecule has 0 aromatic heterocycles. The van der Waals surface area contributed by atoms with E-state index in [1.165, 1.54) is 36.0 Å². The first-order chi connectivity index (χ1) is 9.35. The van der Waals surface area contributed by atoms with Crippen LogP contribution >= 0.6 is 0 Å². The summed E-state index contributed by atoms with van der Waals surface area (Å²) in [6, 6.07) is 14.6. The van der Waals surface area contributed by atoms with Gasteiger partial charge in [-0.25, -0.2) is 0 Å². The van der Waals surface area contributed by atoms with Gasteiger partial charge >= 0.3 is 0 Å². The summed E-state index contributed by atoms with van der Waals surface area (Å²) in [6.07, 6.45) is 4.58. The van der Waals surface area contributed by atoms with Crippen LogP contribution in [0.5, 0.6) is 11.5 Å². The Balaban J connectivity index is 1.74. The van der Waals surface area contributed by atoms with E-state index in [1.807, 2.05) is 12.1 Å². The third-order valence-electron chi connectivity index (χ3n) is 3.66. The van der Waals surface area contributed by atoms with Crippen molar-refractivity contribution in [2.45, 2.75) is 25.7 Å². The Labute approximate surface area is 114 Å². The van der Waals surface area contributed by atoms with Crippen molar-refractivity contribution in [3.63, 3.8) is 0 Å². The van der Waals surface area contributed by atoms with Gasteiger partial charge < -0.3 is 10.5 Å². The minimum absolute atomic E-state index is 0.686. The minimum atomic E-state index is 0.686. The molecule has 0 spiro atoms. The number of aryl methyl sites for hydroxylation is 2. The van der Waals surface area contributed by atoms with Crippen LogP contribution in [-0.4, -0.2) is 6.54 Å². The quantitative estimate of drug-likeness (QED) is 0.905. The molecule has 0 aliphatic heterocycles. The molecule has 2 heteroatoms. The fraction of sp³-hybridized carbons (Fsp3) is 0.294. The molecule has 0 amide bonds. The van der Waals surface area contributed by atoms with Crippen molar-refractivity contribution < 1.29 is 4.74 Å². The van der Waals surface area contributed by atoms with Crippen molar-refractivity contribution in [3.8, 4) is 11.5 Å². The van der Waals surface area contributed by atoms with Crippen molar-refractivity contribution in [2.75, 3.05) is 6.54 Å². The Morgan fingerprint density at radius 2 is 1.63 bits per heavy atom. The van der Waals surface area contributed by atoms with Crippen molar-refractivity contribution in [1.82, 2.24) is 0 Å². The van der Waals surface area contributed by atoms with Crippen LogP contribution < -0.4 is 10.5 Å². The summed E-state index contributed by atoms with van der Waals surface area (Å²) >= 11 is 0. The van der Waals surface area contributed by atoms with E-state index in [1.54, 1.807) is 0 Å². The molecule has 19 heavy (non-hydrogen) atoms. The van der Waals surface area contributed by atoms with E-state index in [2.05, 4.69) is 30.3 Å². The molecule has 0 atom stereocenters. The highest BCUT2D eigenvalue weighted by atomic mass is 16.5. The highest BCUT2D eigenvalue weighted by Gasteiger charge is 2.11. The Hall–Kier alpha value is -1.80. The SMILES string of the molecule is NCCc1ccc(Oc2ccc3c(c2)CCC3)cc1. The molecular weight excluding hydrogens is 234 g/mol. The van der Waals surface area contributed by atoms with Gasteiger partial charge in [0.15, 0.2) is 0 Å². The Morgan fingerprint density at radius 3 is 2.42 bits per heavy atom. The zero-order chi connectivity index (χ0) is 13.1. The van der Waals surface area contributed by atoms with Crippen LogP contribution in [0.15, 0.2) is 42.5 Å². The van der Waals surface area contributed by atoms with Gasteiger partial charge in [-0.3, -0.25) is 0 Å². The first-order valence-corrected chi connectivity index (χ1v) is 6.94. The molecule has 2 N–H and O–H groups in total. The average molecular weight is 253 g/mol. The molecule has 0 unspecified atom stereocenters. The molecule has 98 valence electrons. The van der Waals surface area contributed by atoms with Crippen molar-refractivity contribution in [3.05, 3.63) is 59.2 Å². The molecule has 3 rings (SSSR count). The van der Waals surface area contributed by atoms with Gasteiger partial charge in [0.1, 0.15) is 11.5 Å². The number of hydrogen-bond acceptors (Lipinski definition) is 2. The molecule has 1 aliphatic rings. The second-order valence-corrected chi connectivity index (χ2v) is 5.07. The van der Waals surface area contributed by atoms with Crippen molar-refractivity contribution in [2.24, 2.45) is 5.73 Å². The normalized spacial score (nSPS) is 13.3. The molecule has 0 saturated heterocycles. The lowest BCUT2D eigenvalue weighted by atomic mass is 10.1. The molecule has 0 bridgehead atoms. The number of nitrogens with two attached hydrogens (primary N) is 1. The topological polar surface area (TPSA) is 35.2 Å². The van der Waals surface area contributed by atoms with Gasteiger partial charge in [0.25, 0.3) is 0 Å². The molecule has 1 aliphatic carbocycles. The lowest BCUT2D eigenvalue weighted by Gasteiger charge is -2.08. The zero-order valence-corrected chi connectivity index (χ0v) is 11.1. The average Bonchev–Trinajstić information content (AvgIpc) is 2.89. The summed E-state index contributed by atoms with van der Waals surface area (Å²) in [6.45, 7) is 0.686. The highest BCUT2D eigenvalue weighted by Crippen LogP contribution is 2.29. The smallest absolute Gasteiger partial charge is 0.127 e. The minimum Gasteiger partial charge on any atom is -0.457 e. The van der Waals surface area contributed by atoms with Crippen LogP contribution in [0.2, 0.25) is 0 Å². The lowest BCUT2D eigenvalue weighted by Crippen LogP contribution is -2.02. The summed E-state index contributed by atoms with van der Waals surface area (Å²) in [7, 11) is 0. The lowest BCUT2D eigenvalue weighted by molar-refractivity contribution is 0.482. The van der Waals surface area contributed by atoms with Crippen LogP contribution in [0.25, 0.3) is 0 Å². The van der Waals surface area contributed by atoms with Crippen LogP contribution in [0.4, 0.5) is 0 Å². The van der Waals surface area contributed by atoms with Gasteiger partial charge in [0.05, 0.1) is 0 Å². The Morgan fingerprint density at radius 1 is 0.895 bits per heavy atom.